The fourth-order valence-corrected chi connectivity index (χ4v) is 3.82. The van der Waals surface area contributed by atoms with E-state index in [1.165, 1.54) is 49.8 Å². The van der Waals surface area contributed by atoms with Crippen LogP contribution in [-0.4, -0.2) is 13.1 Å². The molecule has 1 heteroatoms. The van der Waals surface area contributed by atoms with Crippen molar-refractivity contribution in [3.8, 4) is 0 Å². The predicted molar refractivity (Wildman–Crippen MR) is 92.8 cm³/mol. The second-order valence-electron chi connectivity index (χ2n) is 7.43. The molecule has 2 rings (SSSR count). The zero-order valence-electron chi connectivity index (χ0n) is 14.4. The summed E-state index contributed by atoms with van der Waals surface area (Å²) in [4.78, 5) is 0. The van der Waals surface area contributed by atoms with E-state index in [4.69, 9.17) is 0 Å². The number of rotatable bonds is 7. The summed E-state index contributed by atoms with van der Waals surface area (Å²) in [7, 11) is 0. The fraction of sp³-hybridized carbons (Fsp3) is 0.700. The molecule has 1 aliphatic rings. The number of nitrogens with one attached hydrogen (secondary N) is 1. The van der Waals surface area contributed by atoms with Gasteiger partial charge in [0, 0.05) is 0 Å². The number of aryl methyl sites for hydroxylation is 2. The lowest BCUT2D eigenvalue weighted by molar-refractivity contribution is 0.315. The third-order valence-corrected chi connectivity index (χ3v) is 5.14. The van der Waals surface area contributed by atoms with Gasteiger partial charge in [0.15, 0.2) is 0 Å². The van der Waals surface area contributed by atoms with Crippen molar-refractivity contribution in [3.05, 3.63) is 34.9 Å². The minimum Gasteiger partial charge on any atom is -0.316 e. The maximum absolute atomic E-state index is 3.72. The molecule has 1 saturated carbocycles. The highest BCUT2D eigenvalue weighted by atomic mass is 14.9. The Labute approximate surface area is 131 Å². The lowest BCUT2D eigenvalue weighted by Gasteiger charge is -2.26. The minimum absolute atomic E-state index is 0.745. The molecule has 0 radical (unpaired) electrons. The molecule has 1 atom stereocenters. The maximum atomic E-state index is 3.72. The van der Waals surface area contributed by atoms with Crippen LogP contribution in [0.5, 0.6) is 0 Å². The van der Waals surface area contributed by atoms with Gasteiger partial charge in [0.1, 0.15) is 0 Å². The molecule has 0 amide bonds. The van der Waals surface area contributed by atoms with E-state index >= 15 is 0 Å². The van der Waals surface area contributed by atoms with Crippen LogP contribution in [0.1, 0.15) is 56.2 Å². The van der Waals surface area contributed by atoms with Crippen LogP contribution in [0, 0.1) is 31.6 Å². The second-order valence-corrected chi connectivity index (χ2v) is 7.43. The first-order valence-corrected chi connectivity index (χ1v) is 8.83. The van der Waals surface area contributed by atoms with Gasteiger partial charge >= 0.3 is 0 Å². The zero-order valence-corrected chi connectivity index (χ0v) is 14.4. The highest BCUT2D eigenvalue weighted by Gasteiger charge is 2.25. The first-order valence-electron chi connectivity index (χ1n) is 8.83. The first kappa shape index (κ1) is 16.5. The summed E-state index contributed by atoms with van der Waals surface area (Å²) in [5.41, 5.74) is 4.55. The van der Waals surface area contributed by atoms with Gasteiger partial charge in [0.25, 0.3) is 0 Å². The number of benzene rings is 1. The second kappa shape index (κ2) is 7.98. The lowest BCUT2D eigenvalue weighted by Crippen LogP contribution is -2.31. The third kappa shape index (κ3) is 4.85. The molecule has 1 fully saturated rings. The Hall–Kier alpha value is -0.820. The van der Waals surface area contributed by atoms with Crippen molar-refractivity contribution in [1.82, 2.24) is 5.32 Å². The Morgan fingerprint density at radius 3 is 2.24 bits per heavy atom. The van der Waals surface area contributed by atoms with Crippen molar-refractivity contribution in [2.24, 2.45) is 17.8 Å². The highest BCUT2D eigenvalue weighted by Crippen LogP contribution is 2.34. The number of hydrogen-bond acceptors (Lipinski definition) is 1. The summed E-state index contributed by atoms with van der Waals surface area (Å²) in [5, 5.41) is 3.72. The molecule has 1 N–H and O–H groups in total. The predicted octanol–water partition coefficient (Wildman–Crippen LogP) is 4.90. The van der Waals surface area contributed by atoms with Gasteiger partial charge in [-0.15, -0.1) is 0 Å². The Morgan fingerprint density at radius 1 is 1.05 bits per heavy atom. The molecule has 21 heavy (non-hydrogen) atoms. The van der Waals surface area contributed by atoms with Gasteiger partial charge in [-0.2, -0.15) is 0 Å². The van der Waals surface area contributed by atoms with E-state index in [2.05, 4.69) is 51.2 Å². The van der Waals surface area contributed by atoms with E-state index in [9.17, 15) is 0 Å². The smallest absolute Gasteiger partial charge is 0.00146 e. The van der Waals surface area contributed by atoms with Gasteiger partial charge in [-0.25, -0.2) is 0 Å². The lowest BCUT2D eigenvalue weighted by atomic mass is 9.83. The van der Waals surface area contributed by atoms with Crippen LogP contribution >= 0.6 is 0 Å². The number of hydrogen-bond donors (Lipinski definition) is 1. The van der Waals surface area contributed by atoms with Crippen molar-refractivity contribution in [3.63, 3.8) is 0 Å². The Bertz CT molecular complexity index is 409. The van der Waals surface area contributed by atoms with Gasteiger partial charge < -0.3 is 5.32 Å². The molecule has 1 unspecified atom stereocenters. The molecule has 0 bridgehead atoms. The van der Waals surface area contributed by atoms with Crippen LogP contribution in [0.3, 0.4) is 0 Å². The van der Waals surface area contributed by atoms with E-state index in [1.54, 1.807) is 5.56 Å². The largest absolute Gasteiger partial charge is 0.316 e. The van der Waals surface area contributed by atoms with Crippen LogP contribution in [0.25, 0.3) is 0 Å². The zero-order chi connectivity index (χ0) is 15.2. The molecule has 1 aliphatic carbocycles. The van der Waals surface area contributed by atoms with Crippen molar-refractivity contribution in [2.45, 2.75) is 59.8 Å². The normalized spacial score (nSPS) is 17.6. The Morgan fingerprint density at radius 2 is 1.67 bits per heavy atom. The SMILES string of the molecule is Cc1cccc(C)c1CC(CNCC(C)C)C1CCCC1. The van der Waals surface area contributed by atoms with E-state index in [0.29, 0.717) is 0 Å². The molecule has 1 aromatic rings. The molecule has 1 aromatic carbocycles. The first-order chi connectivity index (χ1) is 10.1. The molecule has 0 spiro atoms. The van der Waals surface area contributed by atoms with Gasteiger partial charge in [-0.3, -0.25) is 0 Å². The summed E-state index contributed by atoms with van der Waals surface area (Å²) in [6.45, 7) is 11.5. The summed E-state index contributed by atoms with van der Waals surface area (Å²) in [6, 6.07) is 6.74. The van der Waals surface area contributed by atoms with Crippen LogP contribution in [-0.2, 0) is 6.42 Å². The fourth-order valence-electron chi connectivity index (χ4n) is 3.82. The summed E-state index contributed by atoms with van der Waals surface area (Å²) in [5.74, 6) is 2.49. The van der Waals surface area contributed by atoms with Crippen molar-refractivity contribution in [1.29, 1.82) is 0 Å². The van der Waals surface area contributed by atoms with Crippen molar-refractivity contribution < 1.29 is 0 Å². The van der Waals surface area contributed by atoms with E-state index in [1.807, 2.05) is 0 Å². The van der Waals surface area contributed by atoms with E-state index in [0.717, 1.165) is 24.3 Å². The summed E-state index contributed by atoms with van der Waals surface area (Å²) in [6.07, 6.45) is 7.03. The quantitative estimate of drug-likeness (QED) is 0.752. The molecule has 0 saturated heterocycles. The Kier molecular flexibility index (Phi) is 6.29. The highest BCUT2D eigenvalue weighted by molar-refractivity contribution is 5.33. The van der Waals surface area contributed by atoms with Crippen LogP contribution in [0.4, 0.5) is 0 Å². The van der Waals surface area contributed by atoms with Gasteiger partial charge in [-0.1, -0.05) is 57.7 Å². The average Bonchev–Trinajstić information content (AvgIpc) is 2.94. The molecule has 0 heterocycles. The van der Waals surface area contributed by atoms with Crippen LogP contribution < -0.4 is 5.32 Å². The standard InChI is InChI=1S/C20H33N/c1-15(2)13-21-14-19(18-10-5-6-11-18)12-20-16(3)8-7-9-17(20)4/h7-9,15,18-19,21H,5-6,10-14H2,1-4H3. The average molecular weight is 287 g/mol. The molecule has 118 valence electrons. The third-order valence-electron chi connectivity index (χ3n) is 5.14. The van der Waals surface area contributed by atoms with Crippen molar-refractivity contribution in [2.75, 3.05) is 13.1 Å². The van der Waals surface area contributed by atoms with Gasteiger partial charge in [0.05, 0.1) is 0 Å². The van der Waals surface area contributed by atoms with Gasteiger partial charge in [-0.05, 0) is 67.8 Å². The van der Waals surface area contributed by atoms with E-state index < -0.39 is 0 Å². The topological polar surface area (TPSA) is 12.0 Å². The van der Waals surface area contributed by atoms with Crippen molar-refractivity contribution >= 4 is 0 Å². The molecular weight excluding hydrogens is 254 g/mol. The minimum atomic E-state index is 0.745. The van der Waals surface area contributed by atoms with Gasteiger partial charge in [0.2, 0.25) is 0 Å². The monoisotopic (exact) mass is 287 g/mol. The maximum Gasteiger partial charge on any atom is -0.00146 e. The van der Waals surface area contributed by atoms with E-state index in [-0.39, 0.29) is 0 Å². The molecule has 1 nitrogen and oxygen atoms in total. The molecule has 0 aromatic heterocycles. The summed E-state index contributed by atoms with van der Waals surface area (Å²) >= 11 is 0. The Balaban J connectivity index is 2.04. The van der Waals surface area contributed by atoms with Crippen LogP contribution in [0.15, 0.2) is 18.2 Å². The molecular formula is C20H33N. The van der Waals surface area contributed by atoms with Crippen LogP contribution in [0.2, 0.25) is 0 Å². The molecule has 0 aliphatic heterocycles. The summed E-state index contributed by atoms with van der Waals surface area (Å²) < 4.78 is 0.